The molecule has 28 heavy (non-hydrogen) atoms. The smallest absolute Gasteiger partial charge is 0.336 e. The Bertz CT molecular complexity index is 1190. The van der Waals surface area contributed by atoms with E-state index in [-0.39, 0.29) is 18.2 Å². The number of hydrogen-bond acceptors (Lipinski definition) is 5. The summed E-state index contributed by atoms with van der Waals surface area (Å²) in [7, 11) is 0. The highest BCUT2D eigenvalue weighted by Crippen LogP contribution is 2.19. The standard InChI is InChI=1S/C21H14FNO5/c22-14-2-5-16(6-3-14)26-12-17-7-9-19(27-17)21(25)23-15-4-8-18-13(11-15)1-10-20(24)28-18/h1-11H,12H2,(H,23,25). The number of carbonyl (C=O) groups is 1. The topological polar surface area (TPSA) is 81.7 Å². The van der Waals surface area contributed by atoms with Crippen molar-refractivity contribution in [1.82, 2.24) is 0 Å². The van der Waals surface area contributed by atoms with Crippen molar-refractivity contribution in [3.8, 4) is 5.75 Å². The van der Waals surface area contributed by atoms with E-state index in [0.717, 1.165) is 0 Å². The van der Waals surface area contributed by atoms with Gasteiger partial charge in [-0.25, -0.2) is 9.18 Å². The highest BCUT2D eigenvalue weighted by Gasteiger charge is 2.12. The van der Waals surface area contributed by atoms with E-state index < -0.39 is 11.5 Å². The molecule has 0 saturated carbocycles. The van der Waals surface area contributed by atoms with Crippen molar-refractivity contribution in [2.45, 2.75) is 6.61 Å². The molecule has 1 amide bonds. The first-order valence-corrected chi connectivity index (χ1v) is 8.39. The zero-order valence-electron chi connectivity index (χ0n) is 14.5. The fraction of sp³-hybridized carbons (Fsp3) is 0.0476. The van der Waals surface area contributed by atoms with Gasteiger partial charge in [0.2, 0.25) is 0 Å². The molecule has 6 nitrogen and oxygen atoms in total. The molecule has 0 fully saturated rings. The quantitative estimate of drug-likeness (QED) is 0.521. The van der Waals surface area contributed by atoms with Crippen molar-refractivity contribution in [2.24, 2.45) is 0 Å². The van der Waals surface area contributed by atoms with Crippen LogP contribution in [0.3, 0.4) is 0 Å². The van der Waals surface area contributed by atoms with E-state index in [9.17, 15) is 14.0 Å². The Morgan fingerprint density at radius 3 is 2.61 bits per heavy atom. The Labute approximate surface area is 158 Å². The number of ether oxygens (including phenoxy) is 1. The van der Waals surface area contributed by atoms with Gasteiger partial charge in [-0.3, -0.25) is 4.79 Å². The summed E-state index contributed by atoms with van der Waals surface area (Å²) in [5.41, 5.74) is 0.533. The van der Waals surface area contributed by atoms with Crippen molar-refractivity contribution in [3.63, 3.8) is 0 Å². The Balaban J connectivity index is 1.42. The van der Waals surface area contributed by atoms with Crippen LogP contribution in [0.1, 0.15) is 16.3 Å². The molecular formula is C21H14FNO5. The van der Waals surface area contributed by atoms with Crippen LogP contribution in [0.5, 0.6) is 5.75 Å². The minimum Gasteiger partial charge on any atom is -0.486 e. The lowest BCUT2D eigenvalue weighted by Gasteiger charge is -2.05. The van der Waals surface area contributed by atoms with Gasteiger partial charge < -0.3 is 18.9 Å². The third kappa shape index (κ3) is 3.93. The van der Waals surface area contributed by atoms with E-state index in [1.54, 1.807) is 36.4 Å². The monoisotopic (exact) mass is 379 g/mol. The van der Waals surface area contributed by atoms with E-state index in [1.807, 2.05) is 0 Å². The van der Waals surface area contributed by atoms with Crippen LogP contribution < -0.4 is 15.7 Å². The number of carbonyl (C=O) groups excluding carboxylic acids is 1. The van der Waals surface area contributed by atoms with Crippen LogP contribution in [0.4, 0.5) is 10.1 Å². The number of hydrogen-bond donors (Lipinski definition) is 1. The number of benzene rings is 2. The third-order valence-electron chi connectivity index (χ3n) is 3.96. The van der Waals surface area contributed by atoms with E-state index >= 15 is 0 Å². The summed E-state index contributed by atoms with van der Waals surface area (Å²) in [6.45, 7) is 0.105. The van der Waals surface area contributed by atoms with Gasteiger partial charge in [-0.05, 0) is 60.7 Å². The van der Waals surface area contributed by atoms with Gasteiger partial charge >= 0.3 is 5.63 Å². The van der Waals surface area contributed by atoms with Gasteiger partial charge in [0.05, 0.1) is 0 Å². The third-order valence-corrected chi connectivity index (χ3v) is 3.96. The lowest BCUT2D eigenvalue weighted by molar-refractivity contribution is 0.0992. The lowest BCUT2D eigenvalue weighted by atomic mass is 10.2. The molecule has 0 bridgehead atoms. The summed E-state index contributed by atoms with van der Waals surface area (Å²) in [5.74, 6) is 0.295. The Morgan fingerprint density at radius 2 is 1.79 bits per heavy atom. The van der Waals surface area contributed by atoms with Crippen molar-refractivity contribution < 1.29 is 22.8 Å². The molecule has 0 aliphatic rings. The molecule has 2 heterocycles. The average molecular weight is 379 g/mol. The molecule has 0 radical (unpaired) electrons. The van der Waals surface area contributed by atoms with Gasteiger partial charge in [0, 0.05) is 17.1 Å². The van der Waals surface area contributed by atoms with Gasteiger partial charge in [-0.2, -0.15) is 0 Å². The normalized spacial score (nSPS) is 10.8. The number of furan rings is 1. The number of fused-ring (bicyclic) bond motifs is 1. The van der Waals surface area contributed by atoms with Crippen LogP contribution >= 0.6 is 0 Å². The fourth-order valence-electron chi connectivity index (χ4n) is 2.61. The first kappa shape index (κ1) is 17.5. The van der Waals surface area contributed by atoms with Crippen LogP contribution in [0, 0.1) is 5.82 Å². The molecule has 2 aromatic heterocycles. The van der Waals surface area contributed by atoms with Gasteiger partial charge in [-0.15, -0.1) is 0 Å². The van der Waals surface area contributed by atoms with Crippen LogP contribution in [0.2, 0.25) is 0 Å². The van der Waals surface area contributed by atoms with E-state index in [0.29, 0.717) is 28.2 Å². The molecule has 0 aliphatic carbocycles. The molecular weight excluding hydrogens is 365 g/mol. The predicted molar refractivity (Wildman–Crippen MR) is 99.9 cm³/mol. The maximum absolute atomic E-state index is 12.9. The van der Waals surface area contributed by atoms with Crippen molar-refractivity contribution in [2.75, 3.05) is 5.32 Å². The molecule has 2 aromatic carbocycles. The zero-order chi connectivity index (χ0) is 19.5. The number of amides is 1. The Hall–Kier alpha value is -3.87. The maximum Gasteiger partial charge on any atom is 0.336 e. The molecule has 140 valence electrons. The van der Waals surface area contributed by atoms with E-state index in [2.05, 4.69) is 5.32 Å². The second-order valence-corrected chi connectivity index (χ2v) is 5.97. The highest BCUT2D eigenvalue weighted by atomic mass is 19.1. The first-order valence-electron chi connectivity index (χ1n) is 8.39. The number of anilines is 1. The highest BCUT2D eigenvalue weighted by molar-refractivity contribution is 6.03. The molecule has 0 unspecified atom stereocenters. The molecule has 7 heteroatoms. The Morgan fingerprint density at radius 1 is 0.964 bits per heavy atom. The predicted octanol–water partition coefficient (Wildman–Crippen LogP) is 4.36. The average Bonchev–Trinajstić information content (AvgIpc) is 3.17. The minimum absolute atomic E-state index is 0.105. The second-order valence-electron chi connectivity index (χ2n) is 5.97. The number of halogens is 1. The van der Waals surface area contributed by atoms with Gasteiger partial charge in [0.1, 0.15) is 29.5 Å². The number of nitrogens with one attached hydrogen (secondary N) is 1. The first-order chi connectivity index (χ1) is 13.6. The minimum atomic E-state index is -0.435. The molecule has 0 spiro atoms. The summed E-state index contributed by atoms with van der Waals surface area (Å²) >= 11 is 0. The van der Waals surface area contributed by atoms with Crippen molar-refractivity contribution >= 4 is 22.6 Å². The van der Waals surface area contributed by atoms with Crippen molar-refractivity contribution in [1.29, 1.82) is 0 Å². The van der Waals surface area contributed by atoms with Crippen LogP contribution in [0.15, 0.2) is 80.4 Å². The van der Waals surface area contributed by atoms with Gasteiger partial charge in [0.25, 0.3) is 5.91 Å². The Kier molecular flexibility index (Phi) is 4.63. The summed E-state index contributed by atoms with van der Waals surface area (Å²) in [4.78, 5) is 23.6. The molecule has 0 aliphatic heterocycles. The summed E-state index contributed by atoms with van der Waals surface area (Å²) < 4.78 is 28.9. The van der Waals surface area contributed by atoms with Crippen molar-refractivity contribution in [3.05, 3.63) is 94.5 Å². The molecule has 1 N–H and O–H groups in total. The summed E-state index contributed by atoms with van der Waals surface area (Å²) in [6.07, 6.45) is 0. The number of rotatable bonds is 5. The molecule has 4 rings (SSSR count). The maximum atomic E-state index is 12.9. The molecule has 0 saturated heterocycles. The lowest BCUT2D eigenvalue weighted by Crippen LogP contribution is -2.10. The second kappa shape index (κ2) is 7.40. The largest absolute Gasteiger partial charge is 0.486 e. The summed E-state index contributed by atoms with van der Waals surface area (Å²) in [5, 5.41) is 3.41. The van der Waals surface area contributed by atoms with E-state index in [1.165, 1.54) is 30.3 Å². The fourth-order valence-corrected chi connectivity index (χ4v) is 2.61. The van der Waals surface area contributed by atoms with Crippen LogP contribution in [-0.2, 0) is 6.61 Å². The zero-order valence-corrected chi connectivity index (χ0v) is 14.5. The van der Waals surface area contributed by atoms with Gasteiger partial charge in [0.15, 0.2) is 5.76 Å². The SMILES string of the molecule is O=C(Nc1ccc2oc(=O)ccc2c1)c1ccc(COc2ccc(F)cc2)o1. The molecule has 0 atom stereocenters. The van der Waals surface area contributed by atoms with Crippen LogP contribution in [-0.4, -0.2) is 5.91 Å². The van der Waals surface area contributed by atoms with Crippen LogP contribution in [0.25, 0.3) is 11.0 Å². The van der Waals surface area contributed by atoms with Gasteiger partial charge in [-0.1, -0.05) is 0 Å². The van der Waals surface area contributed by atoms with E-state index in [4.69, 9.17) is 13.6 Å². The molecule has 4 aromatic rings. The summed E-state index contributed by atoms with van der Waals surface area (Å²) in [6, 6.07) is 16.6.